The van der Waals surface area contributed by atoms with Crippen molar-refractivity contribution in [3.8, 4) is 0 Å². The van der Waals surface area contributed by atoms with E-state index in [-0.39, 0.29) is 18.2 Å². The summed E-state index contributed by atoms with van der Waals surface area (Å²) in [5.41, 5.74) is 2.22. The molecule has 8 heteroatoms. The van der Waals surface area contributed by atoms with Crippen LogP contribution in [0.5, 0.6) is 0 Å². The Morgan fingerprint density at radius 1 is 1.20 bits per heavy atom. The lowest BCUT2D eigenvalue weighted by molar-refractivity contribution is -0.115. The first-order valence-electron chi connectivity index (χ1n) is 7.36. The first kappa shape index (κ1) is 17.6. The molecule has 0 spiro atoms. The third kappa shape index (κ3) is 4.66. The van der Waals surface area contributed by atoms with E-state index in [0.29, 0.717) is 20.7 Å². The molecule has 0 saturated carbocycles. The van der Waals surface area contributed by atoms with E-state index in [2.05, 4.69) is 15.6 Å². The van der Waals surface area contributed by atoms with Crippen molar-refractivity contribution in [3.63, 3.8) is 0 Å². The van der Waals surface area contributed by atoms with Crippen LogP contribution in [0.2, 0.25) is 5.02 Å². The molecule has 0 aliphatic carbocycles. The van der Waals surface area contributed by atoms with Crippen LogP contribution in [0.15, 0.2) is 41.1 Å². The second kappa shape index (κ2) is 7.77. The average Bonchev–Trinajstić information content (AvgIpc) is 3.22. The highest BCUT2D eigenvalue weighted by atomic mass is 35.5. The molecule has 0 aliphatic heterocycles. The SMILES string of the molecule is Cc1cc(Cl)ccc1NC(=O)Cc1csc(NC(=O)c2cccs2)n1. The van der Waals surface area contributed by atoms with Crippen molar-refractivity contribution >= 4 is 56.9 Å². The van der Waals surface area contributed by atoms with Crippen LogP contribution in [0.25, 0.3) is 0 Å². The Bertz CT molecular complexity index is 907. The van der Waals surface area contributed by atoms with Crippen LogP contribution in [0.1, 0.15) is 20.9 Å². The van der Waals surface area contributed by atoms with Crippen molar-refractivity contribution in [2.75, 3.05) is 10.6 Å². The quantitative estimate of drug-likeness (QED) is 0.667. The third-order valence-electron chi connectivity index (χ3n) is 3.32. The van der Waals surface area contributed by atoms with Gasteiger partial charge in [0.1, 0.15) is 0 Å². The van der Waals surface area contributed by atoms with Gasteiger partial charge in [-0.15, -0.1) is 22.7 Å². The zero-order chi connectivity index (χ0) is 17.8. The summed E-state index contributed by atoms with van der Waals surface area (Å²) in [4.78, 5) is 29.1. The zero-order valence-electron chi connectivity index (χ0n) is 13.2. The number of rotatable bonds is 5. The largest absolute Gasteiger partial charge is 0.326 e. The summed E-state index contributed by atoms with van der Waals surface area (Å²) in [5, 5.41) is 10.3. The van der Waals surface area contributed by atoms with E-state index < -0.39 is 0 Å². The molecule has 3 aromatic rings. The standard InChI is InChI=1S/C17H14ClN3O2S2/c1-10-7-11(18)4-5-13(10)20-15(22)8-12-9-25-17(19-12)21-16(23)14-3-2-6-24-14/h2-7,9H,8H2,1H3,(H,20,22)(H,19,21,23). The fraction of sp³-hybridized carbons (Fsp3) is 0.118. The molecule has 2 N–H and O–H groups in total. The van der Waals surface area contributed by atoms with E-state index >= 15 is 0 Å². The normalized spacial score (nSPS) is 10.5. The predicted molar refractivity (Wildman–Crippen MR) is 103 cm³/mol. The van der Waals surface area contributed by atoms with Gasteiger partial charge < -0.3 is 5.32 Å². The highest BCUT2D eigenvalue weighted by Crippen LogP contribution is 2.21. The Kier molecular flexibility index (Phi) is 5.47. The number of thiophene rings is 1. The van der Waals surface area contributed by atoms with Gasteiger partial charge in [0.15, 0.2) is 5.13 Å². The number of nitrogens with one attached hydrogen (secondary N) is 2. The second-order valence-electron chi connectivity index (χ2n) is 5.26. The lowest BCUT2D eigenvalue weighted by Gasteiger charge is -2.07. The number of halogens is 1. The number of anilines is 2. The van der Waals surface area contributed by atoms with Crippen molar-refractivity contribution in [2.45, 2.75) is 13.3 Å². The number of aromatic nitrogens is 1. The summed E-state index contributed by atoms with van der Waals surface area (Å²) in [5.74, 6) is -0.371. The number of nitrogens with zero attached hydrogens (tertiary/aromatic N) is 1. The van der Waals surface area contributed by atoms with Crippen LogP contribution in [-0.2, 0) is 11.2 Å². The molecule has 1 aromatic carbocycles. The first-order valence-corrected chi connectivity index (χ1v) is 9.50. The number of hydrogen-bond acceptors (Lipinski definition) is 5. The number of aryl methyl sites for hydroxylation is 1. The van der Waals surface area contributed by atoms with Gasteiger partial charge in [-0.2, -0.15) is 0 Å². The van der Waals surface area contributed by atoms with E-state index in [1.165, 1.54) is 22.7 Å². The molecule has 25 heavy (non-hydrogen) atoms. The fourth-order valence-corrected chi connectivity index (χ4v) is 3.69. The molecule has 0 radical (unpaired) electrons. The Balaban J connectivity index is 1.59. The lowest BCUT2D eigenvalue weighted by atomic mass is 10.2. The number of benzene rings is 1. The molecule has 0 bridgehead atoms. The van der Waals surface area contributed by atoms with Gasteiger partial charge in [-0.1, -0.05) is 17.7 Å². The lowest BCUT2D eigenvalue weighted by Crippen LogP contribution is -2.15. The number of amides is 2. The van der Waals surface area contributed by atoms with Gasteiger partial charge in [-0.25, -0.2) is 4.98 Å². The van der Waals surface area contributed by atoms with E-state index in [4.69, 9.17) is 11.6 Å². The van der Waals surface area contributed by atoms with Gasteiger partial charge >= 0.3 is 0 Å². The Morgan fingerprint density at radius 3 is 2.76 bits per heavy atom. The highest BCUT2D eigenvalue weighted by Gasteiger charge is 2.12. The summed E-state index contributed by atoms with van der Waals surface area (Å²) >= 11 is 8.56. The predicted octanol–water partition coefficient (Wildman–Crippen LogP) is 4.60. The molecule has 0 saturated heterocycles. The maximum Gasteiger partial charge on any atom is 0.267 e. The number of thiazole rings is 1. The number of carbonyl (C=O) groups excluding carboxylic acids is 2. The van der Waals surface area contributed by atoms with Gasteiger partial charge in [0.2, 0.25) is 5.91 Å². The van der Waals surface area contributed by atoms with Crippen LogP contribution >= 0.6 is 34.3 Å². The minimum absolute atomic E-state index is 0.132. The van der Waals surface area contributed by atoms with E-state index in [1.54, 1.807) is 29.6 Å². The summed E-state index contributed by atoms with van der Waals surface area (Å²) in [6.45, 7) is 1.88. The molecule has 5 nitrogen and oxygen atoms in total. The minimum Gasteiger partial charge on any atom is -0.326 e. The van der Waals surface area contributed by atoms with Crippen LogP contribution in [0.3, 0.4) is 0 Å². The van der Waals surface area contributed by atoms with Crippen molar-refractivity contribution in [2.24, 2.45) is 0 Å². The van der Waals surface area contributed by atoms with Gasteiger partial charge in [0, 0.05) is 16.1 Å². The van der Waals surface area contributed by atoms with Gasteiger partial charge in [-0.05, 0) is 42.1 Å². The summed E-state index contributed by atoms with van der Waals surface area (Å²) in [6.07, 6.45) is 0.132. The maximum atomic E-state index is 12.2. The molecule has 3 rings (SSSR count). The molecule has 0 unspecified atom stereocenters. The van der Waals surface area contributed by atoms with Crippen LogP contribution in [0, 0.1) is 6.92 Å². The molecular weight excluding hydrogens is 378 g/mol. The molecule has 2 heterocycles. The van der Waals surface area contributed by atoms with Gasteiger partial charge in [-0.3, -0.25) is 14.9 Å². The van der Waals surface area contributed by atoms with Crippen LogP contribution in [0.4, 0.5) is 10.8 Å². The first-order chi connectivity index (χ1) is 12.0. The average molecular weight is 392 g/mol. The van der Waals surface area contributed by atoms with Crippen molar-refractivity contribution < 1.29 is 9.59 Å². The molecule has 128 valence electrons. The second-order valence-corrected chi connectivity index (χ2v) is 7.50. The van der Waals surface area contributed by atoms with Gasteiger partial charge in [0.25, 0.3) is 5.91 Å². The molecule has 0 aliphatic rings. The van der Waals surface area contributed by atoms with E-state index in [0.717, 1.165) is 11.3 Å². The Hall–Kier alpha value is -2.22. The van der Waals surface area contributed by atoms with Crippen molar-refractivity contribution in [1.29, 1.82) is 0 Å². The summed E-state index contributed by atoms with van der Waals surface area (Å²) in [7, 11) is 0. The number of hydrogen-bond donors (Lipinski definition) is 2. The molecule has 2 aromatic heterocycles. The smallest absolute Gasteiger partial charge is 0.267 e. The van der Waals surface area contributed by atoms with E-state index in [9.17, 15) is 9.59 Å². The van der Waals surface area contributed by atoms with Crippen LogP contribution in [-0.4, -0.2) is 16.8 Å². The van der Waals surface area contributed by atoms with Crippen molar-refractivity contribution in [1.82, 2.24) is 4.98 Å². The molecular formula is C17H14ClN3O2S2. The van der Waals surface area contributed by atoms with Crippen molar-refractivity contribution in [3.05, 3.63) is 62.2 Å². The van der Waals surface area contributed by atoms with Gasteiger partial charge in [0.05, 0.1) is 17.0 Å². The molecule has 0 fully saturated rings. The topological polar surface area (TPSA) is 71.1 Å². The maximum absolute atomic E-state index is 12.2. The summed E-state index contributed by atoms with van der Waals surface area (Å²) < 4.78 is 0. The minimum atomic E-state index is -0.197. The third-order valence-corrected chi connectivity index (χ3v) is 5.23. The Labute approximate surface area is 157 Å². The highest BCUT2D eigenvalue weighted by molar-refractivity contribution is 7.14. The zero-order valence-corrected chi connectivity index (χ0v) is 15.6. The monoisotopic (exact) mass is 391 g/mol. The van der Waals surface area contributed by atoms with Crippen LogP contribution < -0.4 is 10.6 Å². The Morgan fingerprint density at radius 2 is 2.04 bits per heavy atom. The number of carbonyl (C=O) groups is 2. The summed E-state index contributed by atoms with van der Waals surface area (Å²) in [6, 6.07) is 8.85. The van der Waals surface area contributed by atoms with E-state index in [1.807, 2.05) is 18.4 Å². The molecule has 0 atom stereocenters. The molecule has 2 amide bonds. The fourth-order valence-electron chi connectivity index (χ4n) is 2.14.